The third-order valence-electron chi connectivity index (χ3n) is 4.52. The molecule has 0 fully saturated rings. The molecule has 0 unspecified atom stereocenters. The summed E-state index contributed by atoms with van der Waals surface area (Å²) >= 11 is 1.34. The topological polar surface area (TPSA) is 72.2 Å². The first-order chi connectivity index (χ1) is 14.2. The van der Waals surface area contributed by atoms with E-state index in [1.54, 1.807) is 0 Å². The van der Waals surface area contributed by atoms with Crippen molar-refractivity contribution < 1.29 is 4.79 Å². The Morgan fingerprint density at radius 3 is 2.48 bits per heavy atom. The number of carbonyl (C=O) groups is 1. The van der Waals surface area contributed by atoms with Crippen molar-refractivity contribution in [3.8, 4) is 17.1 Å². The van der Waals surface area contributed by atoms with Crippen LogP contribution in [-0.2, 0) is 4.79 Å². The van der Waals surface area contributed by atoms with Crippen LogP contribution in [0.3, 0.4) is 0 Å². The maximum absolute atomic E-state index is 12.3. The number of rotatable bonds is 6. The number of nitrogens with zero attached hydrogens (tertiary/aromatic N) is 4. The molecule has 0 saturated heterocycles. The number of hydrogen-bond acceptors (Lipinski definition) is 5. The van der Waals surface area contributed by atoms with E-state index in [9.17, 15) is 4.79 Å². The van der Waals surface area contributed by atoms with Gasteiger partial charge in [0.1, 0.15) is 0 Å². The minimum absolute atomic E-state index is 0.163. The molecule has 0 saturated carbocycles. The molecule has 0 radical (unpaired) electrons. The van der Waals surface area contributed by atoms with Crippen LogP contribution in [-0.4, -0.2) is 32.1 Å². The predicted molar refractivity (Wildman–Crippen MR) is 116 cm³/mol. The standard InChI is InChI=1S/C22H21N5OS/c1-16-12-13-18(14-16)23-24-20(28)15-29-22-26-25-21(17-8-4-2-5-9-17)27(22)19-10-6-3-7-11-19/h2-11,14H,12-13,15H2,1H3,(H,24,28)/b23-18-. The molecular weight excluding hydrogens is 382 g/mol. The zero-order chi connectivity index (χ0) is 20.1. The van der Waals surface area contributed by atoms with E-state index in [-0.39, 0.29) is 11.7 Å². The van der Waals surface area contributed by atoms with Gasteiger partial charge in [-0.2, -0.15) is 5.10 Å². The lowest BCUT2D eigenvalue weighted by Gasteiger charge is -2.10. The molecule has 1 aliphatic carbocycles. The van der Waals surface area contributed by atoms with Crippen LogP contribution in [0.15, 0.2) is 82.6 Å². The molecule has 3 aromatic rings. The number of hydrogen-bond donors (Lipinski definition) is 1. The Balaban J connectivity index is 1.53. The van der Waals surface area contributed by atoms with E-state index in [1.807, 2.05) is 71.3 Å². The predicted octanol–water partition coefficient (Wildman–Crippen LogP) is 4.24. The second-order valence-corrected chi connectivity index (χ2v) is 7.70. The second-order valence-electron chi connectivity index (χ2n) is 6.76. The molecular formula is C22H21N5OS. The summed E-state index contributed by atoms with van der Waals surface area (Å²) in [5.41, 5.74) is 6.76. The summed E-state index contributed by atoms with van der Waals surface area (Å²) in [6.45, 7) is 2.07. The summed E-state index contributed by atoms with van der Waals surface area (Å²) in [5.74, 6) is 0.787. The fraction of sp³-hybridized carbons (Fsp3) is 0.182. The van der Waals surface area contributed by atoms with Gasteiger partial charge in [0.15, 0.2) is 11.0 Å². The van der Waals surface area contributed by atoms with E-state index in [4.69, 9.17) is 0 Å². The summed E-state index contributed by atoms with van der Waals surface area (Å²) in [7, 11) is 0. The van der Waals surface area contributed by atoms with Crippen molar-refractivity contribution in [2.24, 2.45) is 5.10 Å². The highest BCUT2D eigenvalue weighted by Gasteiger charge is 2.17. The van der Waals surface area contributed by atoms with E-state index >= 15 is 0 Å². The molecule has 0 atom stereocenters. The van der Waals surface area contributed by atoms with Crippen LogP contribution in [0.4, 0.5) is 0 Å². The van der Waals surface area contributed by atoms with Crippen molar-refractivity contribution in [2.75, 3.05) is 5.75 Å². The summed E-state index contributed by atoms with van der Waals surface area (Å²) < 4.78 is 1.97. The normalized spacial score (nSPS) is 14.8. The molecule has 29 heavy (non-hydrogen) atoms. The Kier molecular flexibility index (Phi) is 5.86. The third-order valence-corrected chi connectivity index (χ3v) is 5.45. The van der Waals surface area contributed by atoms with Gasteiger partial charge >= 0.3 is 0 Å². The molecule has 1 heterocycles. The van der Waals surface area contributed by atoms with Crippen molar-refractivity contribution in [3.05, 3.63) is 72.3 Å². The molecule has 1 aromatic heterocycles. The van der Waals surface area contributed by atoms with E-state index < -0.39 is 0 Å². The van der Waals surface area contributed by atoms with Gasteiger partial charge in [-0.25, -0.2) is 5.43 Å². The third kappa shape index (κ3) is 4.63. The van der Waals surface area contributed by atoms with E-state index in [2.05, 4.69) is 27.6 Å². The van der Waals surface area contributed by atoms with Crippen LogP contribution < -0.4 is 5.43 Å². The van der Waals surface area contributed by atoms with Crippen molar-refractivity contribution in [3.63, 3.8) is 0 Å². The molecule has 1 N–H and O–H groups in total. The number of carbonyl (C=O) groups excluding carboxylic acids is 1. The van der Waals surface area contributed by atoms with Gasteiger partial charge in [0.05, 0.1) is 11.5 Å². The Morgan fingerprint density at radius 2 is 1.79 bits per heavy atom. The number of amides is 1. The van der Waals surface area contributed by atoms with Crippen LogP contribution in [0, 0.1) is 0 Å². The maximum Gasteiger partial charge on any atom is 0.250 e. The van der Waals surface area contributed by atoms with E-state index in [1.165, 1.54) is 17.3 Å². The summed E-state index contributed by atoms with van der Waals surface area (Å²) in [4.78, 5) is 12.3. The highest BCUT2D eigenvalue weighted by molar-refractivity contribution is 7.99. The number of aromatic nitrogens is 3. The van der Waals surface area contributed by atoms with E-state index in [0.717, 1.165) is 35.6 Å². The van der Waals surface area contributed by atoms with Gasteiger partial charge in [-0.1, -0.05) is 65.9 Å². The smallest absolute Gasteiger partial charge is 0.250 e. The van der Waals surface area contributed by atoms with Crippen LogP contribution in [0.2, 0.25) is 0 Å². The first-order valence-electron chi connectivity index (χ1n) is 9.42. The van der Waals surface area contributed by atoms with Gasteiger partial charge in [-0.05, 0) is 38.0 Å². The maximum atomic E-state index is 12.3. The van der Waals surface area contributed by atoms with Gasteiger partial charge in [0.2, 0.25) is 0 Å². The van der Waals surface area contributed by atoms with Gasteiger partial charge in [-0.15, -0.1) is 10.2 Å². The lowest BCUT2D eigenvalue weighted by Crippen LogP contribution is -2.21. The van der Waals surface area contributed by atoms with Crippen LogP contribution in [0.25, 0.3) is 17.1 Å². The van der Waals surface area contributed by atoms with Crippen molar-refractivity contribution in [1.82, 2.24) is 20.2 Å². The Hall–Kier alpha value is -3.19. The van der Waals surface area contributed by atoms with Crippen LogP contribution >= 0.6 is 11.8 Å². The van der Waals surface area contributed by atoms with Crippen molar-refractivity contribution in [1.29, 1.82) is 0 Å². The van der Waals surface area contributed by atoms with Gasteiger partial charge < -0.3 is 0 Å². The van der Waals surface area contributed by atoms with Crippen molar-refractivity contribution >= 4 is 23.4 Å². The first kappa shape index (κ1) is 19.1. The molecule has 1 amide bonds. The highest BCUT2D eigenvalue weighted by Crippen LogP contribution is 2.27. The molecule has 0 aliphatic heterocycles. The number of thioether (sulfide) groups is 1. The zero-order valence-electron chi connectivity index (χ0n) is 16.1. The van der Waals surface area contributed by atoms with Gasteiger partial charge in [-0.3, -0.25) is 9.36 Å². The van der Waals surface area contributed by atoms with Crippen molar-refractivity contribution in [2.45, 2.75) is 24.9 Å². The molecule has 4 rings (SSSR count). The molecule has 0 spiro atoms. The Morgan fingerprint density at radius 1 is 1.07 bits per heavy atom. The molecule has 0 bridgehead atoms. The molecule has 7 heteroatoms. The average Bonchev–Trinajstić information content (AvgIpc) is 3.38. The average molecular weight is 404 g/mol. The van der Waals surface area contributed by atoms with Gasteiger partial charge in [0.25, 0.3) is 5.91 Å². The minimum atomic E-state index is -0.163. The summed E-state index contributed by atoms with van der Waals surface area (Å²) in [6, 6.07) is 19.8. The van der Waals surface area contributed by atoms with Gasteiger partial charge in [0, 0.05) is 11.3 Å². The fourth-order valence-electron chi connectivity index (χ4n) is 3.09. The monoisotopic (exact) mass is 403 g/mol. The second kappa shape index (κ2) is 8.87. The van der Waals surface area contributed by atoms with E-state index in [0.29, 0.717) is 5.16 Å². The molecule has 1 aliphatic rings. The zero-order valence-corrected chi connectivity index (χ0v) is 16.9. The van der Waals surface area contributed by atoms with Crippen LogP contribution in [0.1, 0.15) is 19.8 Å². The number of allylic oxidation sites excluding steroid dienone is 2. The SMILES string of the molecule is CC1=C/C(=N\NC(=O)CSc2nnc(-c3ccccc3)n2-c2ccccc2)CC1. The lowest BCUT2D eigenvalue weighted by molar-refractivity contribution is -0.118. The molecule has 146 valence electrons. The Labute approximate surface area is 173 Å². The largest absolute Gasteiger partial charge is 0.272 e. The minimum Gasteiger partial charge on any atom is -0.272 e. The lowest BCUT2D eigenvalue weighted by atomic mass is 10.2. The summed E-state index contributed by atoms with van der Waals surface area (Å²) in [5, 5.41) is 13.6. The fourth-order valence-corrected chi connectivity index (χ4v) is 3.83. The quantitative estimate of drug-likeness (QED) is 0.494. The van der Waals surface area contributed by atoms with Crippen LogP contribution in [0.5, 0.6) is 0 Å². The number of hydrazone groups is 1. The highest BCUT2D eigenvalue weighted by atomic mass is 32.2. The number of nitrogens with one attached hydrogen (secondary N) is 1. The summed E-state index contributed by atoms with van der Waals surface area (Å²) in [6.07, 6.45) is 3.90. The first-order valence-corrected chi connectivity index (χ1v) is 10.4. The molecule has 2 aromatic carbocycles. The number of para-hydroxylation sites is 1. The number of benzene rings is 2. The Bertz CT molecular complexity index is 1060. The molecule has 6 nitrogen and oxygen atoms in total.